The van der Waals surface area contributed by atoms with E-state index >= 15 is 0 Å². The number of fused-ring (bicyclic) bond motifs is 7. The van der Waals surface area contributed by atoms with Crippen molar-refractivity contribution in [1.82, 2.24) is 9.13 Å². The Balaban J connectivity index is 1.69. The molecule has 0 bridgehead atoms. The smallest absolute Gasteiger partial charge is 0.101 e. The van der Waals surface area contributed by atoms with Crippen molar-refractivity contribution in [2.45, 2.75) is 6.92 Å². The Hall–Kier alpha value is -5.37. The number of para-hydroxylation sites is 3. The van der Waals surface area contributed by atoms with E-state index in [1.807, 2.05) is 13.0 Å². The minimum Gasteiger partial charge on any atom is -0.306 e. The fourth-order valence-electron chi connectivity index (χ4n) is 6.58. The van der Waals surface area contributed by atoms with E-state index < -0.39 is 0 Å². The molecule has 42 heavy (non-hydrogen) atoms. The van der Waals surface area contributed by atoms with Crippen molar-refractivity contribution in [1.29, 1.82) is 5.26 Å². The highest BCUT2D eigenvalue weighted by Crippen LogP contribution is 2.46. The van der Waals surface area contributed by atoms with Crippen LogP contribution in [0.5, 0.6) is 0 Å². The molecule has 0 aliphatic heterocycles. The van der Waals surface area contributed by atoms with Crippen LogP contribution in [-0.4, -0.2) is 9.13 Å². The summed E-state index contributed by atoms with van der Waals surface area (Å²) in [4.78, 5) is 0. The predicted octanol–water partition coefficient (Wildman–Crippen LogP) is 10.6. The summed E-state index contributed by atoms with van der Waals surface area (Å²) >= 11 is 1.78. The Morgan fingerprint density at radius 1 is 0.690 bits per heavy atom. The average molecular weight is 556 g/mol. The lowest BCUT2D eigenvalue weighted by molar-refractivity contribution is 1.06. The molecule has 0 unspecified atom stereocenters. The van der Waals surface area contributed by atoms with Crippen LogP contribution >= 0.6 is 11.3 Å². The molecule has 0 radical (unpaired) electrons. The summed E-state index contributed by atoms with van der Waals surface area (Å²) in [5.74, 6) is 0. The molecule has 0 fully saturated rings. The highest BCUT2D eigenvalue weighted by molar-refractivity contribution is 7.26. The van der Waals surface area contributed by atoms with E-state index in [0.717, 1.165) is 54.7 Å². The Bertz CT molecular complexity index is 2400. The quantitative estimate of drug-likeness (QED) is 0.213. The molecule has 0 amide bonds. The molecule has 0 saturated heterocycles. The first-order chi connectivity index (χ1) is 20.7. The third kappa shape index (κ3) is 3.26. The minimum absolute atomic E-state index is 0.624. The monoisotopic (exact) mass is 555 g/mol. The van der Waals surface area contributed by atoms with E-state index in [4.69, 9.17) is 0 Å². The number of allylic oxidation sites excluding steroid dienone is 1. The number of hydrogen-bond donors (Lipinski definition) is 0. The summed E-state index contributed by atoms with van der Waals surface area (Å²) in [6, 6.07) is 38.8. The van der Waals surface area contributed by atoms with E-state index in [1.165, 1.54) is 20.9 Å². The van der Waals surface area contributed by atoms with E-state index in [-0.39, 0.29) is 0 Å². The second kappa shape index (κ2) is 9.34. The molecule has 0 aliphatic carbocycles. The SMILES string of the molecule is C=Cc1c(/C=C\C)c2ccccc2n1-c1c(C#N)cc2c(sc3ccccc32)c1-n1c2ccccc2c2ccccc21. The van der Waals surface area contributed by atoms with E-state index in [2.05, 4.69) is 137 Å². The summed E-state index contributed by atoms with van der Waals surface area (Å²) < 4.78 is 6.97. The number of aromatic nitrogens is 2. The van der Waals surface area contributed by atoms with Gasteiger partial charge in [0, 0.05) is 37.2 Å². The predicted molar refractivity (Wildman–Crippen MR) is 180 cm³/mol. The molecule has 8 rings (SSSR count). The van der Waals surface area contributed by atoms with Crippen LogP contribution in [0.2, 0.25) is 0 Å². The van der Waals surface area contributed by atoms with Crippen LogP contribution in [0, 0.1) is 11.3 Å². The summed E-state index contributed by atoms with van der Waals surface area (Å²) in [6.07, 6.45) is 6.12. The maximum Gasteiger partial charge on any atom is 0.101 e. The van der Waals surface area contributed by atoms with Crippen molar-refractivity contribution in [2.75, 3.05) is 0 Å². The summed E-state index contributed by atoms with van der Waals surface area (Å²) in [7, 11) is 0. The molecule has 0 spiro atoms. The van der Waals surface area contributed by atoms with Crippen LogP contribution in [0.3, 0.4) is 0 Å². The maximum absolute atomic E-state index is 10.8. The van der Waals surface area contributed by atoms with Gasteiger partial charge in [-0.2, -0.15) is 5.26 Å². The zero-order valence-corrected chi connectivity index (χ0v) is 23.8. The number of hydrogen-bond acceptors (Lipinski definition) is 2. The largest absolute Gasteiger partial charge is 0.306 e. The number of benzene rings is 5. The fraction of sp³-hybridized carbons (Fsp3) is 0.0263. The van der Waals surface area contributed by atoms with Crippen molar-refractivity contribution in [2.24, 2.45) is 0 Å². The first kappa shape index (κ1) is 24.4. The fourth-order valence-corrected chi connectivity index (χ4v) is 7.80. The topological polar surface area (TPSA) is 33.6 Å². The highest BCUT2D eigenvalue weighted by atomic mass is 32.1. The van der Waals surface area contributed by atoms with Gasteiger partial charge in [-0.05, 0) is 43.3 Å². The van der Waals surface area contributed by atoms with Crippen molar-refractivity contribution < 1.29 is 0 Å². The van der Waals surface area contributed by atoms with Crippen LogP contribution in [0.4, 0.5) is 0 Å². The molecule has 3 aromatic heterocycles. The normalized spacial score (nSPS) is 11.9. The van der Waals surface area contributed by atoms with E-state index in [0.29, 0.717) is 5.56 Å². The first-order valence-electron chi connectivity index (χ1n) is 14.0. The summed E-state index contributed by atoms with van der Waals surface area (Å²) in [5.41, 5.74) is 7.82. The number of nitrogens with zero attached hydrogens (tertiary/aromatic N) is 3. The van der Waals surface area contributed by atoms with Gasteiger partial charge >= 0.3 is 0 Å². The van der Waals surface area contributed by atoms with Crippen molar-refractivity contribution in [3.05, 3.63) is 133 Å². The third-order valence-electron chi connectivity index (χ3n) is 8.24. The van der Waals surface area contributed by atoms with Crippen LogP contribution in [0.15, 0.2) is 116 Å². The highest BCUT2D eigenvalue weighted by Gasteiger charge is 2.26. The number of rotatable bonds is 4. The molecule has 4 heteroatoms. The average Bonchev–Trinajstić information content (AvgIpc) is 3.68. The van der Waals surface area contributed by atoms with Crippen molar-refractivity contribution in [3.63, 3.8) is 0 Å². The van der Waals surface area contributed by atoms with Gasteiger partial charge in [-0.3, -0.25) is 0 Å². The zero-order valence-electron chi connectivity index (χ0n) is 23.0. The van der Waals surface area contributed by atoms with Gasteiger partial charge in [0.25, 0.3) is 0 Å². The lowest BCUT2D eigenvalue weighted by Gasteiger charge is -2.20. The molecule has 0 atom stereocenters. The molecule has 5 aromatic carbocycles. The second-order valence-corrected chi connectivity index (χ2v) is 11.5. The van der Waals surface area contributed by atoms with Crippen molar-refractivity contribution in [3.8, 4) is 17.4 Å². The molecule has 3 nitrogen and oxygen atoms in total. The Morgan fingerprint density at radius 3 is 1.88 bits per heavy atom. The molecule has 8 aromatic rings. The van der Waals surface area contributed by atoms with Gasteiger partial charge in [0.2, 0.25) is 0 Å². The van der Waals surface area contributed by atoms with Crippen LogP contribution in [0.25, 0.3) is 76.4 Å². The molecule has 0 aliphatic rings. The molecule has 3 heterocycles. The molecule has 0 N–H and O–H groups in total. The molecular formula is C38H25N3S. The van der Waals surface area contributed by atoms with Gasteiger partial charge in [0.05, 0.1) is 43.9 Å². The first-order valence-corrected chi connectivity index (χ1v) is 14.8. The zero-order chi connectivity index (χ0) is 28.4. The summed E-state index contributed by atoms with van der Waals surface area (Å²) in [5, 5.41) is 16.6. The van der Waals surface area contributed by atoms with Gasteiger partial charge in [-0.15, -0.1) is 11.3 Å². The number of thiophene rings is 1. The van der Waals surface area contributed by atoms with Gasteiger partial charge in [-0.25, -0.2) is 0 Å². The standard InChI is InChI=1S/C38H25N3S/c1-3-13-25-26-14-5-9-18-32(26)40(31(25)4-2)36-24(23-39)22-30-29-17-8-12-21-35(29)42-38(30)37(36)41-33-19-10-6-15-27(33)28-16-7-11-20-34(28)41/h3-22H,2H2,1H3/b13-3-. The van der Waals surface area contributed by atoms with E-state index in [9.17, 15) is 5.26 Å². The van der Waals surface area contributed by atoms with Gasteiger partial charge in [-0.1, -0.05) is 91.5 Å². The lowest BCUT2D eigenvalue weighted by atomic mass is 10.0. The van der Waals surface area contributed by atoms with Gasteiger partial charge < -0.3 is 9.13 Å². The molecular weight excluding hydrogens is 531 g/mol. The Morgan fingerprint density at radius 2 is 1.26 bits per heavy atom. The molecule has 0 saturated carbocycles. The van der Waals surface area contributed by atoms with Crippen LogP contribution in [0.1, 0.15) is 23.7 Å². The van der Waals surface area contributed by atoms with Gasteiger partial charge in [0.1, 0.15) is 6.07 Å². The lowest BCUT2D eigenvalue weighted by Crippen LogP contribution is -2.08. The Labute approximate surface area is 247 Å². The minimum atomic E-state index is 0.624. The van der Waals surface area contributed by atoms with Crippen LogP contribution in [-0.2, 0) is 0 Å². The number of nitriles is 1. The Kier molecular flexibility index (Phi) is 5.43. The van der Waals surface area contributed by atoms with Crippen LogP contribution < -0.4 is 0 Å². The van der Waals surface area contributed by atoms with Crippen molar-refractivity contribution >= 4 is 76.4 Å². The maximum atomic E-state index is 10.8. The third-order valence-corrected chi connectivity index (χ3v) is 9.44. The summed E-state index contributed by atoms with van der Waals surface area (Å²) in [6.45, 7) is 6.29. The molecule has 198 valence electrons. The van der Waals surface area contributed by atoms with E-state index in [1.54, 1.807) is 11.3 Å². The second-order valence-electron chi connectivity index (χ2n) is 10.4. The van der Waals surface area contributed by atoms with Gasteiger partial charge in [0.15, 0.2) is 0 Å².